The molecular weight excluding hydrogens is 307 g/mol. The van der Waals surface area contributed by atoms with Crippen molar-refractivity contribution in [2.24, 2.45) is 5.92 Å². The molecular formula is C15H15I. The van der Waals surface area contributed by atoms with Crippen LogP contribution in [0.2, 0.25) is 0 Å². The Labute approximate surface area is 111 Å². The number of rotatable bonds is 0. The van der Waals surface area contributed by atoms with Gasteiger partial charge in [0.15, 0.2) is 0 Å². The Morgan fingerprint density at radius 1 is 1.12 bits per heavy atom. The van der Waals surface area contributed by atoms with Gasteiger partial charge in [0.05, 0.1) is 0 Å². The standard InChI is InChI=1S/C15H15I/c1-15(2)12-8-4-3-6-10(12)11-7-5-9-13(16)14(11)15/h3-10,12H,1-2H3. The van der Waals surface area contributed by atoms with Crippen LogP contribution in [0.3, 0.4) is 0 Å². The van der Waals surface area contributed by atoms with Crippen LogP contribution < -0.4 is 0 Å². The minimum absolute atomic E-state index is 0.263. The molecule has 0 N–H and O–H groups in total. The quantitative estimate of drug-likeness (QED) is 0.621. The molecule has 0 spiro atoms. The van der Waals surface area contributed by atoms with E-state index in [2.05, 4.69) is 78.9 Å². The molecule has 0 aliphatic heterocycles. The number of hydrogen-bond acceptors (Lipinski definition) is 0. The predicted molar refractivity (Wildman–Crippen MR) is 76.7 cm³/mol. The maximum absolute atomic E-state index is 2.48. The van der Waals surface area contributed by atoms with Gasteiger partial charge in [0.25, 0.3) is 0 Å². The second-order valence-corrected chi connectivity index (χ2v) is 6.41. The maximum Gasteiger partial charge on any atom is 0.0171 e. The third kappa shape index (κ3) is 1.27. The van der Waals surface area contributed by atoms with E-state index in [0.29, 0.717) is 11.8 Å². The Morgan fingerprint density at radius 3 is 2.69 bits per heavy atom. The summed E-state index contributed by atoms with van der Waals surface area (Å²) in [5.41, 5.74) is 3.35. The summed E-state index contributed by atoms with van der Waals surface area (Å²) in [5.74, 6) is 1.22. The summed E-state index contributed by atoms with van der Waals surface area (Å²) < 4.78 is 1.41. The fourth-order valence-corrected chi connectivity index (χ4v) is 4.47. The summed E-state index contributed by atoms with van der Waals surface area (Å²) in [7, 11) is 0. The molecule has 0 nitrogen and oxygen atoms in total. The molecule has 0 saturated carbocycles. The van der Waals surface area contributed by atoms with Crippen LogP contribution in [0.1, 0.15) is 30.9 Å². The fourth-order valence-electron chi connectivity index (χ4n) is 3.26. The molecule has 0 aromatic heterocycles. The Hall–Kier alpha value is -0.570. The molecule has 1 aromatic carbocycles. The van der Waals surface area contributed by atoms with E-state index in [-0.39, 0.29) is 5.41 Å². The number of fused-ring (bicyclic) bond motifs is 3. The molecule has 0 heterocycles. The number of halogens is 1. The normalized spacial score (nSPS) is 28.9. The second kappa shape index (κ2) is 3.46. The number of allylic oxidation sites excluding steroid dienone is 4. The summed E-state index contributed by atoms with van der Waals surface area (Å²) >= 11 is 2.48. The van der Waals surface area contributed by atoms with E-state index in [1.54, 1.807) is 5.56 Å². The molecule has 3 rings (SSSR count). The van der Waals surface area contributed by atoms with Crippen LogP contribution in [-0.2, 0) is 5.41 Å². The fraction of sp³-hybridized carbons (Fsp3) is 0.333. The molecule has 0 radical (unpaired) electrons. The molecule has 2 atom stereocenters. The van der Waals surface area contributed by atoms with Gasteiger partial charge in [-0.05, 0) is 51.1 Å². The van der Waals surface area contributed by atoms with Crippen LogP contribution in [-0.4, -0.2) is 0 Å². The van der Waals surface area contributed by atoms with Crippen LogP contribution in [0.4, 0.5) is 0 Å². The monoisotopic (exact) mass is 322 g/mol. The lowest BCUT2D eigenvalue weighted by molar-refractivity contribution is 0.393. The third-order valence-electron chi connectivity index (χ3n) is 4.02. The van der Waals surface area contributed by atoms with Gasteiger partial charge in [0.2, 0.25) is 0 Å². The van der Waals surface area contributed by atoms with Crippen molar-refractivity contribution in [3.8, 4) is 0 Å². The van der Waals surface area contributed by atoms with Crippen molar-refractivity contribution in [3.63, 3.8) is 0 Å². The van der Waals surface area contributed by atoms with E-state index in [4.69, 9.17) is 0 Å². The summed E-state index contributed by atoms with van der Waals surface area (Å²) in [6, 6.07) is 6.71. The predicted octanol–water partition coefficient (Wildman–Crippen LogP) is 4.41. The molecule has 1 aromatic rings. The maximum atomic E-state index is 2.48. The average Bonchev–Trinajstić information content (AvgIpc) is 2.50. The lowest BCUT2D eigenvalue weighted by Crippen LogP contribution is -2.25. The van der Waals surface area contributed by atoms with Gasteiger partial charge >= 0.3 is 0 Å². The Balaban J connectivity index is 2.28. The molecule has 16 heavy (non-hydrogen) atoms. The first-order valence-corrected chi connectivity index (χ1v) is 6.84. The Kier molecular flexibility index (Phi) is 2.29. The lowest BCUT2D eigenvalue weighted by atomic mass is 9.74. The van der Waals surface area contributed by atoms with Crippen LogP contribution in [0.5, 0.6) is 0 Å². The van der Waals surface area contributed by atoms with E-state index in [1.807, 2.05) is 0 Å². The average molecular weight is 322 g/mol. The van der Waals surface area contributed by atoms with Crippen molar-refractivity contribution in [1.82, 2.24) is 0 Å². The van der Waals surface area contributed by atoms with Gasteiger partial charge in [-0.1, -0.05) is 50.3 Å². The third-order valence-corrected chi connectivity index (χ3v) is 4.92. The van der Waals surface area contributed by atoms with Gasteiger partial charge in [-0.3, -0.25) is 0 Å². The van der Waals surface area contributed by atoms with Gasteiger partial charge < -0.3 is 0 Å². The largest absolute Gasteiger partial charge is 0.0796 e. The highest BCUT2D eigenvalue weighted by molar-refractivity contribution is 14.1. The number of hydrogen-bond donors (Lipinski definition) is 0. The molecule has 0 amide bonds. The SMILES string of the molecule is CC1(C)c2c(I)cccc2C2C=CC=CC21. The molecule has 2 aliphatic carbocycles. The van der Waals surface area contributed by atoms with Crippen LogP contribution >= 0.6 is 22.6 Å². The van der Waals surface area contributed by atoms with Crippen molar-refractivity contribution >= 4 is 22.6 Å². The molecule has 0 fully saturated rings. The van der Waals surface area contributed by atoms with Gasteiger partial charge in [0, 0.05) is 9.49 Å². The molecule has 1 heteroatoms. The first-order chi connectivity index (χ1) is 7.62. The Morgan fingerprint density at radius 2 is 1.88 bits per heavy atom. The minimum Gasteiger partial charge on any atom is -0.0796 e. The zero-order valence-corrected chi connectivity index (χ0v) is 11.7. The Bertz CT molecular complexity index is 494. The minimum atomic E-state index is 0.263. The highest BCUT2D eigenvalue weighted by atomic mass is 127. The van der Waals surface area contributed by atoms with Gasteiger partial charge in [-0.25, -0.2) is 0 Å². The van der Waals surface area contributed by atoms with Crippen molar-refractivity contribution in [2.45, 2.75) is 25.2 Å². The lowest BCUT2D eigenvalue weighted by Gasteiger charge is -2.29. The first kappa shape index (κ1) is 10.6. The zero-order chi connectivity index (χ0) is 11.3. The van der Waals surface area contributed by atoms with Crippen LogP contribution in [0, 0.1) is 9.49 Å². The van der Waals surface area contributed by atoms with Crippen molar-refractivity contribution in [3.05, 3.63) is 57.2 Å². The first-order valence-electron chi connectivity index (χ1n) is 5.76. The highest BCUT2D eigenvalue weighted by Gasteiger charge is 2.45. The molecule has 2 aliphatic rings. The number of benzene rings is 1. The van der Waals surface area contributed by atoms with Crippen LogP contribution in [0.25, 0.3) is 0 Å². The van der Waals surface area contributed by atoms with Crippen molar-refractivity contribution in [2.75, 3.05) is 0 Å². The topological polar surface area (TPSA) is 0 Å². The van der Waals surface area contributed by atoms with E-state index >= 15 is 0 Å². The highest BCUT2D eigenvalue weighted by Crippen LogP contribution is 2.53. The van der Waals surface area contributed by atoms with E-state index in [0.717, 1.165) is 0 Å². The summed E-state index contributed by atoms with van der Waals surface area (Å²) in [6.45, 7) is 4.75. The van der Waals surface area contributed by atoms with Crippen LogP contribution in [0.15, 0.2) is 42.5 Å². The van der Waals surface area contributed by atoms with E-state index in [1.165, 1.54) is 9.13 Å². The molecule has 0 bridgehead atoms. The van der Waals surface area contributed by atoms with Gasteiger partial charge in [-0.15, -0.1) is 0 Å². The van der Waals surface area contributed by atoms with Crippen molar-refractivity contribution < 1.29 is 0 Å². The van der Waals surface area contributed by atoms with E-state index < -0.39 is 0 Å². The van der Waals surface area contributed by atoms with Gasteiger partial charge in [-0.2, -0.15) is 0 Å². The van der Waals surface area contributed by atoms with Crippen molar-refractivity contribution in [1.29, 1.82) is 0 Å². The zero-order valence-electron chi connectivity index (χ0n) is 9.57. The molecule has 2 unspecified atom stereocenters. The summed E-state index contributed by atoms with van der Waals surface area (Å²) in [6.07, 6.45) is 9.11. The summed E-state index contributed by atoms with van der Waals surface area (Å²) in [4.78, 5) is 0. The molecule has 82 valence electrons. The van der Waals surface area contributed by atoms with Gasteiger partial charge in [0.1, 0.15) is 0 Å². The second-order valence-electron chi connectivity index (χ2n) is 5.25. The smallest absolute Gasteiger partial charge is 0.0171 e. The molecule has 0 saturated heterocycles. The van der Waals surface area contributed by atoms with E-state index in [9.17, 15) is 0 Å². The summed E-state index contributed by atoms with van der Waals surface area (Å²) in [5, 5.41) is 0.